The van der Waals surface area contributed by atoms with Gasteiger partial charge in [0.2, 0.25) is 0 Å². The van der Waals surface area contributed by atoms with Gasteiger partial charge in [-0.2, -0.15) is 0 Å². The Hall–Kier alpha value is -1.34. The van der Waals surface area contributed by atoms with E-state index in [2.05, 4.69) is 15.5 Å². The predicted octanol–water partition coefficient (Wildman–Crippen LogP) is -0.378. The number of aliphatic carboxylic acids is 1. The molecule has 108 valence electrons. The van der Waals surface area contributed by atoms with Crippen molar-refractivity contribution in [1.29, 1.82) is 0 Å². The van der Waals surface area contributed by atoms with E-state index in [4.69, 9.17) is 9.84 Å². The lowest BCUT2D eigenvalue weighted by molar-refractivity contribution is -0.140. The zero-order valence-corrected chi connectivity index (χ0v) is 11.1. The van der Waals surface area contributed by atoms with Crippen LogP contribution in [0.1, 0.15) is 19.3 Å². The van der Waals surface area contributed by atoms with Gasteiger partial charge in [-0.1, -0.05) is 0 Å². The van der Waals surface area contributed by atoms with Gasteiger partial charge in [0.05, 0.1) is 6.61 Å². The molecule has 0 spiro atoms. The van der Waals surface area contributed by atoms with Gasteiger partial charge in [0.15, 0.2) is 6.04 Å². The summed E-state index contributed by atoms with van der Waals surface area (Å²) in [7, 11) is 1.40. The number of carbonyl (C=O) groups is 2. The van der Waals surface area contributed by atoms with Crippen LogP contribution in [0.5, 0.6) is 0 Å². The number of amides is 2. The fraction of sp³-hybridized carbons (Fsp3) is 0.833. The molecule has 1 saturated carbocycles. The standard InChI is InChI=1S/C12H21N3O4/c1-19-7-10(11(16)17)14-12(18)13-8-4-5-15(6-8)9-2-3-9/h8-10H,2-7H2,1H3,(H,16,17)(H2,13,14,18). The van der Waals surface area contributed by atoms with Crippen LogP contribution in [-0.4, -0.2) is 66.9 Å². The fourth-order valence-electron chi connectivity index (χ4n) is 2.40. The average molecular weight is 271 g/mol. The lowest BCUT2D eigenvalue weighted by Crippen LogP contribution is -2.51. The first kappa shape index (κ1) is 14.1. The Bertz CT molecular complexity index is 346. The largest absolute Gasteiger partial charge is 0.480 e. The highest BCUT2D eigenvalue weighted by Crippen LogP contribution is 2.29. The van der Waals surface area contributed by atoms with E-state index in [0.717, 1.165) is 19.5 Å². The van der Waals surface area contributed by atoms with E-state index in [1.54, 1.807) is 0 Å². The van der Waals surface area contributed by atoms with Gasteiger partial charge in [-0.15, -0.1) is 0 Å². The second-order valence-corrected chi connectivity index (χ2v) is 5.18. The van der Waals surface area contributed by atoms with Crippen LogP contribution >= 0.6 is 0 Å². The van der Waals surface area contributed by atoms with Crippen LogP contribution in [0.4, 0.5) is 4.79 Å². The van der Waals surface area contributed by atoms with E-state index in [1.807, 2.05) is 0 Å². The fourth-order valence-corrected chi connectivity index (χ4v) is 2.40. The van der Waals surface area contributed by atoms with Crippen LogP contribution in [-0.2, 0) is 9.53 Å². The highest BCUT2D eigenvalue weighted by Gasteiger charge is 2.35. The molecule has 1 saturated heterocycles. The summed E-state index contributed by atoms with van der Waals surface area (Å²) in [5.41, 5.74) is 0. The molecule has 2 rings (SSSR count). The third-order valence-electron chi connectivity index (χ3n) is 3.55. The van der Waals surface area contributed by atoms with Crippen LogP contribution in [0, 0.1) is 0 Å². The summed E-state index contributed by atoms with van der Waals surface area (Å²) in [4.78, 5) is 25.0. The zero-order chi connectivity index (χ0) is 13.8. The second kappa shape index (κ2) is 6.21. The van der Waals surface area contributed by atoms with Crippen molar-refractivity contribution < 1.29 is 19.4 Å². The Kier molecular flexibility index (Phi) is 4.60. The minimum atomic E-state index is -1.09. The van der Waals surface area contributed by atoms with Gasteiger partial charge in [0.25, 0.3) is 0 Å². The van der Waals surface area contributed by atoms with Gasteiger partial charge < -0.3 is 20.5 Å². The summed E-state index contributed by atoms with van der Waals surface area (Å²) in [6.07, 6.45) is 3.44. The van der Waals surface area contributed by atoms with E-state index in [0.29, 0.717) is 6.04 Å². The summed E-state index contributed by atoms with van der Waals surface area (Å²) in [6.45, 7) is 1.83. The summed E-state index contributed by atoms with van der Waals surface area (Å²) in [5.74, 6) is -1.09. The summed E-state index contributed by atoms with van der Waals surface area (Å²) < 4.78 is 4.76. The highest BCUT2D eigenvalue weighted by molar-refractivity contribution is 5.82. The highest BCUT2D eigenvalue weighted by atomic mass is 16.5. The molecule has 0 aromatic carbocycles. The van der Waals surface area contributed by atoms with Crippen LogP contribution in [0.3, 0.4) is 0 Å². The maximum Gasteiger partial charge on any atom is 0.328 e. The second-order valence-electron chi connectivity index (χ2n) is 5.18. The molecule has 2 atom stereocenters. The van der Waals surface area contributed by atoms with Gasteiger partial charge in [-0.05, 0) is 19.3 Å². The topological polar surface area (TPSA) is 90.9 Å². The molecule has 3 N–H and O–H groups in total. The molecular formula is C12H21N3O4. The molecule has 0 radical (unpaired) electrons. The average Bonchev–Trinajstić information content (AvgIpc) is 3.10. The number of carboxylic acid groups (broad SMARTS) is 1. The SMILES string of the molecule is COCC(NC(=O)NC1CCN(C2CC2)C1)C(=O)O. The third-order valence-corrected chi connectivity index (χ3v) is 3.55. The van der Waals surface area contributed by atoms with Gasteiger partial charge in [0, 0.05) is 32.3 Å². The number of methoxy groups -OCH3 is 1. The number of urea groups is 1. The third kappa shape index (κ3) is 4.07. The first-order chi connectivity index (χ1) is 9.10. The molecule has 19 heavy (non-hydrogen) atoms. The number of ether oxygens (including phenoxy) is 1. The van der Waals surface area contributed by atoms with Crippen molar-refractivity contribution in [3.63, 3.8) is 0 Å². The summed E-state index contributed by atoms with van der Waals surface area (Å²) in [5, 5.41) is 14.1. The van der Waals surface area contributed by atoms with Crippen LogP contribution in [0.25, 0.3) is 0 Å². The maximum absolute atomic E-state index is 11.7. The number of likely N-dealkylation sites (tertiary alicyclic amines) is 1. The summed E-state index contributed by atoms with van der Waals surface area (Å²) in [6, 6.07) is -0.634. The molecule has 7 heteroatoms. The number of hydrogen-bond acceptors (Lipinski definition) is 4. The maximum atomic E-state index is 11.7. The number of rotatable bonds is 6. The Morgan fingerprint density at radius 3 is 2.74 bits per heavy atom. The van der Waals surface area contributed by atoms with Crippen molar-refractivity contribution in [3.05, 3.63) is 0 Å². The van der Waals surface area contributed by atoms with E-state index in [-0.39, 0.29) is 12.6 Å². The first-order valence-electron chi connectivity index (χ1n) is 6.63. The Labute approximate surface area is 112 Å². The molecule has 1 heterocycles. The zero-order valence-electron chi connectivity index (χ0n) is 11.1. The van der Waals surface area contributed by atoms with Crippen molar-refractivity contribution >= 4 is 12.0 Å². The molecule has 0 aromatic rings. The van der Waals surface area contributed by atoms with Gasteiger partial charge in [-0.3, -0.25) is 4.90 Å². The van der Waals surface area contributed by atoms with Crippen molar-refractivity contribution in [2.24, 2.45) is 0 Å². The molecule has 2 fully saturated rings. The van der Waals surface area contributed by atoms with Crippen LogP contribution in [0.15, 0.2) is 0 Å². The van der Waals surface area contributed by atoms with Crippen molar-refractivity contribution in [3.8, 4) is 0 Å². The van der Waals surface area contributed by atoms with Gasteiger partial charge in [0.1, 0.15) is 0 Å². The molecule has 2 amide bonds. The molecule has 2 unspecified atom stereocenters. The van der Waals surface area contributed by atoms with E-state index < -0.39 is 18.0 Å². The van der Waals surface area contributed by atoms with E-state index in [9.17, 15) is 9.59 Å². The molecule has 1 aliphatic heterocycles. The predicted molar refractivity (Wildman–Crippen MR) is 68.0 cm³/mol. The molecule has 0 aromatic heterocycles. The number of carbonyl (C=O) groups excluding carboxylic acids is 1. The lowest BCUT2D eigenvalue weighted by atomic mass is 10.2. The Balaban J connectivity index is 1.72. The minimum absolute atomic E-state index is 0.0401. The van der Waals surface area contributed by atoms with Gasteiger partial charge >= 0.3 is 12.0 Å². The normalized spacial score (nSPS) is 25.0. The number of carboxylic acids is 1. The molecule has 0 bridgehead atoms. The quantitative estimate of drug-likeness (QED) is 0.613. The van der Waals surface area contributed by atoms with Crippen molar-refractivity contribution in [2.75, 3.05) is 26.8 Å². The summed E-state index contributed by atoms with van der Waals surface area (Å²) >= 11 is 0. The van der Waals surface area contributed by atoms with E-state index >= 15 is 0 Å². The van der Waals surface area contributed by atoms with Crippen molar-refractivity contribution in [1.82, 2.24) is 15.5 Å². The number of nitrogens with one attached hydrogen (secondary N) is 2. The van der Waals surface area contributed by atoms with Crippen LogP contribution < -0.4 is 10.6 Å². The monoisotopic (exact) mass is 271 g/mol. The van der Waals surface area contributed by atoms with Crippen LogP contribution in [0.2, 0.25) is 0 Å². The number of nitrogens with zero attached hydrogens (tertiary/aromatic N) is 1. The molecule has 1 aliphatic carbocycles. The van der Waals surface area contributed by atoms with Gasteiger partial charge in [-0.25, -0.2) is 9.59 Å². The minimum Gasteiger partial charge on any atom is -0.480 e. The Morgan fingerprint density at radius 1 is 1.42 bits per heavy atom. The lowest BCUT2D eigenvalue weighted by Gasteiger charge is -2.18. The van der Waals surface area contributed by atoms with Crippen molar-refractivity contribution in [2.45, 2.75) is 37.4 Å². The molecule has 2 aliphatic rings. The molecular weight excluding hydrogens is 250 g/mol. The molecule has 7 nitrogen and oxygen atoms in total. The first-order valence-corrected chi connectivity index (χ1v) is 6.63. The number of hydrogen-bond donors (Lipinski definition) is 3. The Morgan fingerprint density at radius 2 is 2.16 bits per heavy atom. The smallest absolute Gasteiger partial charge is 0.328 e. The van der Waals surface area contributed by atoms with E-state index in [1.165, 1.54) is 20.0 Å².